The fraction of sp³-hybridized carbons (Fsp3) is 0.105. The number of carbonyl (C=O) groups excluding carboxylic acids is 1. The van der Waals surface area contributed by atoms with Crippen molar-refractivity contribution >= 4 is 28.5 Å². The average molecular weight is 368 g/mol. The molecule has 0 fully saturated rings. The van der Waals surface area contributed by atoms with E-state index < -0.39 is 5.97 Å². The normalized spacial score (nSPS) is 11.0. The number of nitrogens with zero attached hydrogens (tertiary/aromatic N) is 2. The van der Waals surface area contributed by atoms with Crippen LogP contribution in [0.3, 0.4) is 0 Å². The first-order valence-corrected chi connectivity index (χ1v) is 8.32. The average Bonchev–Trinajstić information content (AvgIpc) is 3.24. The van der Waals surface area contributed by atoms with Crippen LogP contribution in [0.25, 0.3) is 22.4 Å². The Morgan fingerprint density at radius 3 is 2.73 bits per heavy atom. The minimum Gasteiger partial charge on any atom is -0.452 e. The first-order valence-electron chi connectivity index (χ1n) is 7.94. The fourth-order valence-corrected chi connectivity index (χ4v) is 2.89. The van der Waals surface area contributed by atoms with Gasteiger partial charge in [-0.05, 0) is 37.3 Å². The van der Waals surface area contributed by atoms with Crippen molar-refractivity contribution in [3.05, 3.63) is 70.7 Å². The molecule has 2 aromatic carbocycles. The van der Waals surface area contributed by atoms with E-state index >= 15 is 0 Å². The lowest BCUT2D eigenvalue weighted by Crippen LogP contribution is -2.06. The van der Waals surface area contributed by atoms with Gasteiger partial charge >= 0.3 is 5.97 Å². The van der Waals surface area contributed by atoms with Gasteiger partial charge in [-0.2, -0.15) is 0 Å². The molecule has 130 valence electrons. The second-order valence-corrected chi connectivity index (χ2v) is 6.19. The van der Waals surface area contributed by atoms with Crippen molar-refractivity contribution in [2.45, 2.75) is 13.5 Å². The van der Waals surface area contributed by atoms with Gasteiger partial charge in [0.15, 0.2) is 6.61 Å². The third-order valence-electron chi connectivity index (χ3n) is 3.98. The van der Waals surface area contributed by atoms with Crippen molar-refractivity contribution in [3.63, 3.8) is 0 Å². The van der Waals surface area contributed by atoms with Gasteiger partial charge in [-0.3, -0.25) is 0 Å². The zero-order chi connectivity index (χ0) is 18.1. The number of aryl methyl sites for hydroxylation is 1. The van der Waals surface area contributed by atoms with Gasteiger partial charge in [0.25, 0.3) is 5.89 Å². The number of aromatic amines is 1. The van der Waals surface area contributed by atoms with E-state index in [1.54, 1.807) is 24.3 Å². The van der Waals surface area contributed by atoms with E-state index in [-0.39, 0.29) is 12.5 Å². The van der Waals surface area contributed by atoms with E-state index in [0.717, 1.165) is 22.2 Å². The number of nitrogens with one attached hydrogen (secondary N) is 1. The molecule has 0 spiro atoms. The molecule has 2 heterocycles. The summed E-state index contributed by atoms with van der Waals surface area (Å²) in [6.45, 7) is 1.74. The molecule has 0 aliphatic heterocycles. The minimum atomic E-state index is -0.439. The number of H-pyrrole nitrogens is 1. The number of hydrogen-bond acceptors (Lipinski definition) is 5. The third kappa shape index (κ3) is 3.07. The van der Waals surface area contributed by atoms with Crippen molar-refractivity contribution in [1.29, 1.82) is 0 Å². The van der Waals surface area contributed by atoms with E-state index in [1.807, 2.05) is 31.2 Å². The minimum absolute atomic E-state index is 0.0988. The highest BCUT2D eigenvalue weighted by Gasteiger charge is 2.18. The molecule has 0 amide bonds. The predicted octanol–water partition coefficient (Wildman–Crippen LogP) is 4.54. The van der Waals surface area contributed by atoms with Gasteiger partial charge in [0.1, 0.15) is 0 Å². The highest BCUT2D eigenvalue weighted by atomic mass is 35.5. The number of aromatic nitrogens is 3. The maximum atomic E-state index is 12.5. The summed E-state index contributed by atoms with van der Waals surface area (Å²) in [6, 6.07) is 14.6. The van der Waals surface area contributed by atoms with Gasteiger partial charge < -0.3 is 14.1 Å². The van der Waals surface area contributed by atoms with Gasteiger partial charge in [0.05, 0.1) is 5.56 Å². The Morgan fingerprint density at radius 2 is 1.92 bits per heavy atom. The van der Waals surface area contributed by atoms with Crippen molar-refractivity contribution in [3.8, 4) is 11.5 Å². The van der Waals surface area contributed by atoms with Gasteiger partial charge in [-0.25, -0.2) is 4.79 Å². The first kappa shape index (κ1) is 16.4. The van der Waals surface area contributed by atoms with Crippen molar-refractivity contribution < 1.29 is 13.9 Å². The number of benzene rings is 2. The number of para-hydroxylation sites is 1. The highest BCUT2D eigenvalue weighted by molar-refractivity contribution is 6.30. The molecule has 0 saturated heterocycles. The number of carbonyl (C=O) groups is 1. The molecule has 6 nitrogen and oxygen atoms in total. The molecule has 0 atom stereocenters. The lowest BCUT2D eigenvalue weighted by molar-refractivity contribution is 0.0440. The molecule has 4 rings (SSSR count). The topological polar surface area (TPSA) is 81.0 Å². The summed E-state index contributed by atoms with van der Waals surface area (Å²) in [5.41, 5.74) is 2.90. The Bertz CT molecular complexity index is 1080. The lowest BCUT2D eigenvalue weighted by atomic mass is 10.1. The predicted molar refractivity (Wildman–Crippen MR) is 96.9 cm³/mol. The molecule has 0 aliphatic rings. The summed E-state index contributed by atoms with van der Waals surface area (Å²) in [5.74, 6) is 0.128. The molecule has 0 bridgehead atoms. The van der Waals surface area contributed by atoms with Crippen LogP contribution in [0.1, 0.15) is 21.9 Å². The van der Waals surface area contributed by atoms with E-state index in [2.05, 4.69) is 15.2 Å². The van der Waals surface area contributed by atoms with Crippen LogP contribution < -0.4 is 0 Å². The van der Waals surface area contributed by atoms with Crippen molar-refractivity contribution in [2.75, 3.05) is 0 Å². The Morgan fingerprint density at radius 1 is 1.15 bits per heavy atom. The van der Waals surface area contributed by atoms with E-state index in [4.69, 9.17) is 20.8 Å². The maximum Gasteiger partial charge on any atom is 0.341 e. The molecule has 1 N–H and O–H groups in total. The van der Waals surface area contributed by atoms with E-state index in [0.29, 0.717) is 16.5 Å². The number of halogens is 1. The number of ether oxygens (including phenoxy) is 1. The Hall–Kier alpha value is -3.12. The van der Waals surface area contributed by atoms with Crippen LogP contribution in [0.5, 0.6) is 0 Å². The maximum absolute atomic E-state index is 12.5. The van der Waals surface area contributed by atoms with Crippen molar-refractivity contribution in [2.24, 2.45) is 0 Å². The van der Waals surface area contributed by atoms with Crippen LogP contribution in [-0.2, 0) is 11.3 Å². The molecule has 0 saturated carbocycles. The number of fused-ring (bicyclic) bond motifs is 1. The fourth-order valence-electron chi connectivity index (χ4n) is 2.76. The summed E-state index contributed by atoms with van der Waals surface area (Å²) < 4.78 is 10.9. The zero-order valence-corrected chi connectivity index (χ0v) is 14.6. The summed E-state index contributed by atoms with van der Waals surface area (Å²) in [5, 5.41) is 9.33. The van der Waals surface area contributed by atoms with Crippen LogP contribution in [0.2, 0.25) is 5.02 Å². The zero-order valence-electron chi connectivity index (χ0n) is 13.8. The molecule has 7 heteroatoms. The Balaban J connectivity index is 1.50. The van der Waals surface area contributed by atoms with Crippen LogP contribution in [0, 0.1) is 6.92 Å². The van der Waals surface area contributed by atoms with Crippen LogP contribution >= 0.6 is 11.6 Å². The number of esters is 1. The second-order valence-electron chi connectivity index (χ2n) is 5.75. The Labute approximate surface area is 153 Å². The molecule has 0 unspecified atom stereocenters. The van der Waals surface area contributed by atoms with Gasteiger partial charge in [0, 0.05) is 27.2 Å². The van der Waals surface area contributed by atoms with Gasteiger partial charge in [-0.15, -0.1) is 10.2 Å². The molecule has 26 heavy (non-hydrogen) atoms. The third-order valence-corrected chi connectivity index (χ3v) is 4.23. The number of rotatable bonds is 4. The van der Waals surface area contributed by atoms with E-state index in [9.17, 15) is 4.79 Å². The molecular weight excluding hydrogens is 354 g/mol. The standard InChI is InChI=1S/C19H14ClN3O3/c1-11-17(14-4-2-3-5-15(14)21-11)19(24)25-10-16-22-23-18(26-16)12-6-8-13(20)9-7-12/h2-9,21H,10H2,1H3. The number of hydrogen-bond donors (Lipinski definition) is 1. The summed E-state index contributed by atoms with van der Waals surface area (Å²) in [4.78, 5) is 15.7. The highest BCUT2D eigenvalue weighted by Crippen LogP contribution is 2.24. The van der Waals surface area contributed by atoms with Crippen molar-refractivity contribution in [1.82, 2.24) is 15.2 Å². The van der Waals surface area contributed by atoms with Gasteiger partial charge in [-0.1, -0.05) is 29.8 Å². The smallest absolute Gasteiger partial charge is 0.341 e. The summed E-state index contributed by atoms with van der Waals surface area (Å²) >= 11 is 5.87. The molecule has 2 aromatic heterocycles. The first-order chi connectivity index (χ1) is 12.6. The summed E-state index contributed by atoms with van der Waals surface area (Å²) in [6.07, 6.45) is 0. The molecular formula is C19H14ClN3O3. The van der Waals surface area contributed by atoms with Crippen LogP contribution in [0.4, 0.5) is 0 Å². The summed E-state index contributed by atoms with van der Waals surface area (Å²) in [7, 11) is 0. The van der Waals surface area contributed by atoms with Crippen LogP contribution in [0.15, 0.2) is 52.9 Å². The van der Waals surface area contributed by atoms with Crippen LogP contribution in [-0.4, -0.2) is 21.2 Å². The quantitative estimate of drug-likeness (QED) is 0.536. The van der Waals surface area contributed by atoms with E-state index in [1.165, 1.54) is 0 Å². The molecule has 4 aromatic rings. The monoisotopic (exact) mass is 367 g/mol. The molecule has 0 radical (unpaired) electrons. The SMILES string of the molecule is Cc1[nH]c2ccccc2c1C(=O)OCc1nnc(-c2ccc(Cl)cc2)o1. The lowest BCUT2D eigenvalue weighted by Gasteiger charge is -2.02. The molecule has 0 aliphatic carbocycles. The van der Waals surface area contributed by atoms with Gasteiger partial charge in [0.2, 0.25) is 5.89 Å². The largest absolute Gasteiger partial charge is 0.452 e. The Kier molecular flexibility index (Phi) is 4.18. The second kappa shape index (κ2) is 6.65.